The molecule has 1 aliphatic heterocycles. The molecule has 0 spiro atoms. The average molecular weight is 464 g/mol. The van der Waals surface area contributed by atoms with E-state index in [1.807, 2.05) is 41.1 Å². The molecule has 2 amide bonds. The molecule has 8 nitrogen and oxygen atoms in total. The summed E-state index contributed by atoms with van der Waals surface area (Å²) >= 11 is 0.776. The van der Waals surface area contributed by atoms with Gasteiger partial charge in [0.2, 0.25) is 0 Å². The van der Waals surface area contributed by atoms with Crippen molar-refractivity contribution in [3.05, 3.63) is 76.3 Å². The standard InChI is InChI=1S/C24H20N2O6S/c1-14(23(30)32-2)26-21(27)20(33-24(26)31)11-17-13-25(19-9-4-3-8-18(17)19)12-15-6-5-7-16(10-15)22(28)29/h3-11,13-14H,12H2,1-2H3,(H,28,29)/b20-11+/t14-/m0/s1. The molecular formula is C24H20N2O6S. The molecule has 1 aromatic heterocycles. The predicted octanol–water partition coefficient (Wildman–Crippen LogP) is 3.99. The van der Waals surface area contributed by atoms with Gasteiger partial charge in [0, 0.05) is 29.2 Å². The summed E-state index contributed by atoms with van der Waals surface area (Å²) in [6.07, 6.45) is 3.50. The van der Waals surface area contributed by atoms with Crippen molar-refractivity contribution in [1.29, 1.82) is 0 Å². The highest BCUT2D eigenvalue weighted by molar-refractivity contribution is 8.18. The second kappa shape index (κ2) is 8.95. The number of carboxylic acids is 1. The molecule has 0 saturated carbocycles. The molecule has 0 radical (unpaired) electrons. The number of para-hydroxylation sites is 1. The first-order valence-corrected chi connectivity index (χ1v) is 10.9. The maximum atomic E-state index is 12.9. The number of benzene rings is 2. The molecule has 2 heterocycles. The van der Waals surface area contributed by atoms with Gasteiger partial charge in [0.25, 0.3) is 11.1 Å². The number of thioether (sulfide) groups is 1. The Balaban J connectivity index is 1.70. The SMILES string of the molecule is COC(=O)[C@H](C)N1C(=O)S/C(=C/c2cn(Cc3cccc(C(=O)O)c3)c3ccccc23)C1=O. The second-order valence-corrected chi connectivity index (χ2v) is 8.48. The Bertz CT molecular complexity index is 1330. The summed E-state index contributed by atoms with van der Waals surface area (Å²) < 4.78 is 6.62. The number of aromatic nitrogens is 1. The van der Waals surface area contributed by atoms with Gasteiger partial charge in [-0.2, -0.15) is 0 Å². The summed E-state index contributed by atoms with van der Waals surface area (Å²) in [5, 5.41) is 9.60. The van der Waals surface area contributed by atoms with Gasteiger partial charge in [-0.15, -0.1) is 0 Å². The number of hydrogen-bond acceptors (Lipinski definition) is 6. The van der Waals surface area contributed by atoms with E-state index < -0.39 is 29.1 Å². The van der Waals surface area contributed by atoms with E-state index in [0.717, 1.165) is 38.7 Å². The van der Waals surface area contributed by atoms with Crippen molar-refractivity contribution in [2.24, 2.45) is 0 Å². The fraction of sp³-hybridized carbons (Fsp3) is 0.167. The van der Waals surface area contributed by atoms with E-state index >= 15 is 0 Å². The van der Waals surface area contributed by atoms with Gasteiger partial charge in [0.15, 0.2) is 0 Å². The van der Waals surface area contributed by atoms with Crippen molar-refractivity contribution in [2.45, 2.75) is 19.5 Å². The Kier molecular flexibility index (Phi) is 6.06. The van der Waals surface area contributed by atoms with Crippen molar-refractivity contribution in [3.63, 3.8) is 0 Å². The quantitative estimate of drug-likeness (QED) is 0.434. The summed E-state index contributed by atoms with van der Waals surface area (Å²) in [4.78, 5) is 49.5. The molecule has 4 rings (SSSR count). The van der Waals surface area contributed by atoms with Gasteiger partial charge in [0.05, 0.1) is 17.6 Å². The van der Waals surface area contributed by atoms with Gasteiger partial charge in [-0.25, -0.2) is 9.59 Å². The summed E-state index contributed by atoms with van der Waals surface area (Å²) in [7, 11) is 1.20. The van der Waals surface area contributed by atoms with Crippen LogP contribution in [-0.4, -0.2) is 50.8 Å². The fourth-order valence-corrected chi connectivity index (χ4v) is 4.65. The highest BCUT2D eigenvalue weighted by atomic mass is 32.2. The molecule has 0 unspecified atom stereocenters. The lowest BCUT2D eigenvalue weighted by molar-refractivity contribution is -0.148. The van der Waals surface area contributed by atoms with E-state index in [0.29, 0.717) is 6.54 Å². The minimum absolute atomic E-state index is 0.206. The van der Waals surface area contributed by atoms with Crippen LogP contribution in [0.15, 0.2) is 59.6 Å². The number of rotatable bonds is 6. The van der Waals surface area contributed by atoms with Gasteiger partial charge in [-0.1, -0.05) is 30.3 Å². The van der Waals surface area contributed by atoms with E-state index in [1.54, 1.807) is 18.2 Å². The lowest BCUT2D eigenvalue weighted by Gasteiger charge is -2.18. The van der Waals surface area contributed by atoms with E-state index in [9.17, 15) is 24.3 Å². The van der Waals surface area contributed by atoms with Crippen LogP contribution in [0, 0.1) is 0 Å². The molecule has 3 aromatic rings. The number of hydrogen-bond donors (Lipinski definition) is 1. The van der Waals surface area contributed by atoms with Gasteiger partial charge < -0.3 is 14.4 Å². The van der Waals surface area contributed by atoms with E-state index in [2.05, 4.69) is 4.74 Å². The van der Waals surface area contributed by atoms with Crippen LogP contribution < -0.4 is 0 Å². The molecule has 1 atom stereocenters. The lowest BCUT2D eigenvalue weighted by Crippen LogP contribution is -2.42. The van der Waals surface area contributed by atoms with Gasteiger partial charge in [-0.3, -0.25) is 14.5 Å². The average Bonchev–Trinajstić information content (AvgIpc) is 3.29. The first-order valence-electron chi connectivity index (χ1n) is 10.0. The van der Waals surface area contributed by atoms with Crippen molar-refractivity contribution < 1.29 is 29.0 Å². The monoisotopic (exact) mass is 464 g/mol. The van der Waals surface area contributed by atoms with Crippen molar-refractivity contribution in [2.75, 3.05) is 7.11 Å². The number of carbonyl (C=O) groups is 4. The largest absolute Gasteiger partial charge is 0.478 e. The number of carboxylic acid groups (broad SMARTS) is 1. The zero-order valence-electron chi connectivity index (χ0n) is 17.8. The number of aromatic carboxylic acids is 1. The first kappa shape index (κ1) is 22.3. The van der Waals surface area contributed by atoms with E-state index in [-0.39, 0.29) is 10.5 Å². The Morgan fingerprint density at radius 1 is 1.15 bits per heavy atom. The molecule has 9 heteroatoms. The van der Waals surface area contributed by atoms with Gasteiger partial charge in [0.1, 0.15) is 6.04 Å². The molecule has 168 valence electrons. The molecular weight excluding hydrogens is 444 g/mol. The third-order valence-electron chi connectivity index (χ3n) is 5.39. The van der Waals surface area contributed by atoms with Crippen LogP contribution >= 0.6 is 11.8 Å². The molecule has 1 aliphatic rings. The summed E-state index contributed by atoms with van der Waals surface area (Å²) in [6.45, 7) is 1.87. The van der Waals surface area contributed by atoms with E-state index in [4.69, 9.17) is 0 Å². The number of nitrogens with zero attached hydrogens (tertiary/aromatic N) is 2. The van der Waals surface area contributed by atoms with Crippen LogP contribution in [0.1, 0.15) is 28.4 Å². The van der Waals surface area contributed by atoms with Gasteiger partial charge >= 0.3 is 11.9 Å². The van der Waals surface area contributed by atoms with Crippen LogP contribution in [0.2, 0.25) is 0 Å². The Hall–Kier alpha value is -3.85. The van der Waals surface area contributed by atoms with Crippen molar-refractivity contribution in [3.8, 4) is 0 Å². The maximum absolute atomic E-state index is 12.9. The third-order valence-corrected chi connectivity index (χ3v) is 6.27. The maximum Gasteiger partial charge on any atom is 0.335 e. The summed E-state index contributed by atoms with van der Waals surface area (Å²) in [5.74, 6) is -2.21. The first-order chi connectivity index (χ1) is 15.8. The van der Waals surface area contributed by atoms with Crippen LogP contribution in [0.4, 0.5) is 4.79 Å². The van der Waals surface area contributed by atoms with Gasteiger partial charge in [-0.05, 0) is 48.5 Å². The molecule has 2 aromatic carbocycles. The van der Waals surface area contributed by atoms with Crippen LogP contribution in [0.5, 0.6) is 0 Å². The Morgan fingerprint density at radius 2 is 1.91 bits per heavy atom. The number of esters is 1. The number of carbonyl (C=O) groups excluding carboxylic acids is 3. The molecule has 1 N–H and O–H groups in total. The normalized spacial score (nSPS) is 15.9. The molecule has 33 heavy (non-hydrogen) atoms. The number of imide groups is 1. The highest BCUT2D eigenvalue weighted by Crippen LogP contribution is 2.35. The highest BCUT2D eigenvalue weighted by Gasteiger charge is 2.41. The third kappa shape index (κ3) is 4.27. The lowest BCUT2D eigenvalue weighted by atomic mass is 10.1. The minimum atomic E-state index is -1.02. The zero-order chi connectivity index (χ0) is 23.7. The van der Waals surface area contributed by atoms with Crippen LogP contribution in [0.25, 0.3) is 17.0 Å². The minimum Gasteiger partial charge on any atom is -0.478 e. The second-order valence-electron chi connectivity index (χ2n) is 7.49. The summed E-state index contributed by atoms with van der Waals surface area (Å²) in [6, 6.07) is 13.3. The fourth-order valence-electron chi connectivity index (χ4n) is 3.75. The summed E-state index contributed by atoms with van der Waals surface area (Å²) in [5.41, 5.74) is 2.65. The molecule has 0 aliphatic carbocycles. The zero-order valence-corrected chi connectivity index (χ0v) is 18.7. The number of methoxy groups -OCH3 is 1. The molecule has 0 bridgehead atoms. The van der Waals surface area contributed by atoms with Crippen molar-refractivity contribution >= 4 is 51.8 Å². The van der Waals surface area contributed by atoms with E-state index in [1.165, 1.54) is 20.1 Å². The van der Waals surface area contributed by atoms with Crippen LogP contribution in [0.3, 0.4) is 0 Å². The van der Waals surface area contributed by atoms with Crippen LogP contribution in [-0.2, 0) is 20.9 Å². The molecule has 1 fully saturated rings. The van der Waals surface area contributed by atoms with Crippen molar-refractivity contribution in [1.82, 2.24) is 9.47 Å². The number of ether oxygens (including phenoxy) is 1. The predicted molar refractivity (Wildman–Crippen MR) is 124 cm³/mol. The number of fused-ring (bicyclic) bond motifs is 1. The Morgan fingerprint density at radius 3 is 2.64 bits per heavy atom. The molecule has 1 saturated heterocycles. The topological polar surface area (TPSA) is 106 Å². The number of amides is 2. The Labute approximate surface area is 193 Å². The smallest absolute Gasteiger partial charge is 0.335 e.